The maximum atomic E-state index is 13.7. The van der Waals surface area contributed by atoms with Crippen LogP contribution >= 0.6 is 0 Å². The van der Waals surface area contributed by atoms with E-state index < -0.39 is 11.4 Å². The second kappa shape index (κ2) is 8.79. The molecule has 1 aliphatic carbocycles. The Balaban J connectivity index is 2.01. The predicted octanol–water partition coefficient (Wildman–Crippen LogP) is 3.53. The minimum atomic E-state index is -0.512. The molecule has 0 unspecified atom stereocenters. The maximum absolute atomic E-state index is 13.7. The Labute approximate surface area is 178 Å². The lowest BCUT2D eigenvalue weighted by atomic mass is 9.83. The SMILES string of the molecule is CCC(=O)Nn1c(-c2ccc(F)cn2)nc2cnc(OC)c(C3CCCCC3)c2c1=O. The molecule has 1 aliphatic rings. The molecule has 0 atom stereocenters. The van der Waals surface area contributed by atoms with Crippen LogP contribution in [-0.4, -0.2) is 32.6 Å². The van der Waals surface area contributed by atoms with Gasteiger partial charge in [-0.15, -0.1) is 0 Å². The third-order valence-electron chi connectivity index (χ3n) is 5.64. The number of amides is 1. The van der Waals surface area contributed by atoms with Crippen molar-refractivity contribution in [2.75, 3.05) is 12.5 Å². The summed E-state index contributed by atoms with van der Waals surface area (Å²) < 4.78 is 20.0. The van der Waals surface area contributed by atoms with Gasteiger partial charge in [-0.25, -0.2) is 19.3 Å². The Morgan fingerprint density at radius 3 is 2.65 bits per heavy atom. The number of hydrogen-bond acceptors (Lipinski definition) is 6. The van der Waals surface area contributed by atoms with E-state index in [4.69, 9.17) is 4.74 Å². The zero-order valence-electron chi connectivity index (χ0n) is 17.5. The Morgan fingerprint density at radius 2 is 2.00 bits per heavy atom. The monoisotopic (exact) mass is 425 g/mol. The van der Waals surface area contributed by atoms with Gasteiger partial charge in [-0.1, -0.05) is 26.2 Å². The smallest absolute Gasteiger partial charge is 0.281 e. The van der Waals surface area contributed by atoms with Crippen molar-refractivity contribution in [1.29, 1.82) is 0 Å². The summed E-state index contributed by atoms with van der Waals surface area (Å²) in [5.41, 5.74) is 3.55. The highest BCUT2D eigenvalue weighted by Gasteiger charge is 2.27. The molecule has 8 nitrogen and oxygen atoms in total. The fraction of sp³-hybridized carbons (Fsp3) is 0.409. The molecule has 0 aliphatic heterocycles. The summed E-state index contributed by atoms with van der Waals surface area (Å²) in [5, 5.41) is 0.376. The fourth-order valence-electron chi connectivity index (χ4n) is 4.10. The zero-order chi connectivity index (χ0) is 22.0. The molecule has 0 aromatic carbocycles. The molecule has 162 valence electrons. The van der Waals surface area contributed by atoms with Crippen LogP contribution in [0.2, 0.25) is 0 Å². The Hall–Kier alpha value is -3.36. The van der Waals surface area contributed by atoms with E-state index in [1.807, 2.05) is 0 Å². The lowest BCUT2D eigenvalue weighted by molar-refractivity contribution is -0.116. The molecule has 3 aromatic rings. The van der Waals surface area contributed by atoms with E-state index in [0.29, 0.717) is 16.8 Å². The first-order chi connectivity index (χ1) is 15.0. The molecular formula is C22H24FN5O3. The number of pyridine rings is 2. The van der Waals surface area contributed by atoms with E-state index in [9.17, 15) is 14.0 Å². The normalized spacial score (nSPS) is 14.5. The standard InChI is InChI=1S/C22H24FN5O3/c1-3-17(29)27-28-20(15-10-9-14(23)11-24-15)26-16-12-25-21(31-2)18(19(16)22(28)30)13-7-5-4-6-8-13/h9-13H,3-8H2,1-2H3,(H,27,29). The number of ether oxygens (including phenoxy) is 1. The van der Waals surface area contributed by atoms with Crippen LogP contribution in [0.25, 0.3) is 22.4 Å². The molecule has 0 spiro atoms. The first-order valence-electron chi connectivity index (χ1n) is 10.4. The third-order valence-corrected chi connectivity index (χ3v) is 5.64. The van der Waals surface area contributed by atoms with Crippen LogP contribution in [0, 0.1) is 5.82 Å². The number of hydrogen-bond donors (Lipinski definition) is 1. The van der Waals surface area contributed by atoms with E-state index in [0.717, 1.165) is 48.5 Å². The minimum Gasteiger partial charge on any atom is -0.481 e. The maximum Gasteiger partial charge on any atom is 0.281 e. The average molecular weight is 425 g/mol. The van der Waals surface area contributed by atoms with Gasteiger partial charge in [0.05, 0.1) is 30.4 Å². The molecule has 4 rings (SSSR count). The van der Waals surface area contributed by atoms with Crippen molar-refractivity contribution in [2.24, 2.45) is 0 Å². The van der Waals surface area contributed by atoms with E-state index in [1.165, 1.54) is 25.4 Å². The molecule has 0 saturated heterocycles. The summed E-state index contributed by atoms with van der Waals surface area (Å²) in [6, 6.07) is 2.64. The van der Waals surface area contributed by atoms with Gasteiger partial charge in [0.2, 0.25) is 11.8 Å². The van der Waals surface area contributed by atoms with Gasteiger partial charge in [0.1, 0.15) is 11.5 Å². The molecule has 1 amide bonds. The number of carbonyl (C=O) groups excluding carboxylic acids is 1. The van der Waals surface area contributed by atoms with E-state index >= 15 is 0 Å². The first kappa shape index (κ1) is 20.9. The molecule has 9 heteroatoms. The van der Waals surface area contributed by atoms with Crippen molar-refractivity contribution in [2.45, 2.75) is 51.4 Å². The summed E-state index contributed by atoms with van der Waals surface area (Å²) in [4.78, 5) is 38.9. The van der Waals surface area contributed by atoms with Gasteiger partial charge >= 0.3 is 0 Å². The second-order valence-corrected chi connectivity index (χ2v) is 7.60. The van der Waals surface area contributed by atoms with Crippen LogP contribution < -0.4 is 15.7 Å². The van der Waals surface area contributed by atoms with Gasteiger partial charge in [-0.2, -0.15) is 4.68 Å². The van der Waals surface area contributed by atoms with Crippen LogP contribution in [-0.2, 0) is 4.79 Å². The average Bonchev–Trinajstić information content (AvgIpc) is 2.81. The quantitative estimate of drug-likeness (QED) is 0.671. The number of halogens is 1. The molecule has 1 N–H and O–H groups in total. The van der Waals surface area contributed by atoms with E-state index in [2.05, 4.69) is 20.4 Å². The van der Waals surface area contributed by atoms with E-state index in [-0.39, 0.29) is 29.8 Å². The van der Waals surface area contributed by atoms with Crippen LogP contribution in [0.1, 0.15) is 56.9 Å². The second-order valence-electron chi connectivity index (χ2n) is 7.60. The molecule has 0 radical (unpaired) electrons. The van der Waals surface area contributed by atoms with Crippen molar-refractivity contribution in [3.8, 4) is 17.4 Å². The lowest BCUT2D eigenvalue weighted by Crippen LogP contribution is -2.35. The molecule has 0 bridgehead atoms. The zero-order valence-corrected chi connectivity index (χ0v) is 17.5. The largest absolute Gasteiger partial charge is 0.481 e. The summed E-state index contributed by atoms with van der Waals surface area (Å²) in [6.45, 7) is 1.69. The highest BCUT2D eigenvalue weighted by molar-refractivity contribution is 5.87. The summed E-state index contributed by atoms with van der Waals surface area (Å²) >= 11 is 0. The lowest BCUT2D eigenvalue weighted by Gasteiger charge is -2.24. The van der Waals surface area contributed by atoms with Gasteiger partial charge in [0.25, 0.3) is 5.56 Å². The van der Waals surface area contributed by atoms with E-state index in [1.54, 1.807) is 6.92 Å². The Kier molecular flexibility index (Phi) is 5.92. The van der Waals surface area contributed by atoms with Crippen molar-refractivity contribution in [1.82, 2.24) is 19.6 Å². The molecule has 1 saturated carbocycles. The van der Waals surface area contributed by atoms with Crippen LogP contribution in [0.5, 0.6) is 5.88 Å². The number of nitrogens with one attached hydrogen (secondary N) is 1. The summed E-state index contributed by atoms with van der Waals surface area (Å²) in [5.74, 6) is -0.228. The highest BCUT2D eigenvalue weighted by atomic mass is 19.1. The predicted molar refractivity (Wildman–Crippen MR) is 114 cm³/mol. The van der Waals surface area contributed by atoms with Gasteiger partial charge in [0, 0.05) is 12.0 Å². The fourth-order valence-corrected chi connectivity index (χ4v) is 4.10. The number of aromatic nitrogens is 4. The van der Waals surface area contributed by atoms with Crippen LogP contribution in [0.3, 0.4) is 0 Å². The molecule has 31 heavy (non-hydrogen) atoms. The number of methoxy groups -OCH3 is 1. The van der Waals surface area contributed by atoms with Crippen LogP contribution in [0.4, 0.5) is 4.39 Å². The third kappa shape index (κ3) is 3.99. The van der Waals surface area contributed by atoms with Crippen molar-refractivity contribution >= 4 is 16.8 Å². The number of nitrogens with zero attached hydrogens (tertiary/aromatic N) is 4. The van der Waals surface area contributed by atoms with Crippen molar-refractivity contribution in [3.63, 3.8) is 0 Å². The summed E-state index contributed by atoms with van der Waals surface area (Å²) in [7, 11) is 1.53. The van der Waals surface area contributed by atoms with Gasteiger partial charge in [-0.3, -0.25) is 15.0 Å². The topological polar surface area (TPSA) is 99.0 Å². The van der Waals surface area contributed by atoms with Crippen molar-refractivity contribution in [3.05, 3.63) is 46.3 Å². The Morgan fingerprint density at radius 1 is 1.23 bits per heavy atom. The van der Waals surface area contributed by atoms with Gasteiger partial charge < -0.3 is 4.74 Å². The molecule has 3 aromatic heterocycles. The molecular weight excluding hydrogens is 401 g/mol. The number of rotatable bonds is 5. The molecule has 1 fully saturated rings. The summed E-state index contributed by atoms with van der Waals surface area (Å²) in [6.07, 6.45) is 7.85. The Bertz CT molecular complexity index is 1170. The number of carbonyl (C=O) groups is 1. The first-order valence-corrected chi connectivity index (χ1v) is 10.4. The van der Waals surface area contributed by atoms with Crippen molar-refractivity contribution < 1.29 is 13.9 Å². The van der Waals surface area contributed by atoms with Crippen LogP contribution in [0.15, 0.2) is 29.3 Å². The minimum absolute atomic E-state index is 0.112. The number of fused-ring (bicyclic) bond motifs is 1. The molecule has 3 heterocycles. The highest BCUT2D eigenvalue weighted by Crippen LogP contribution is 2.39. The van der Waals surface area contributed by atoms with Gasteiger partial charge in [0.15, 0.2) is 5.82 Å². The van der Waals surface area contributed by atoms with Gasteiger partial charge in [-0.05, 0) is 30.9 Å².